The van der Waals surface area contributed by atoms with Crippen LogP contribution in [0, 0.1) is 56.7 Å². The number of carbonyl (C=O) groups excluding carboxylic acids is 2. The average molecular weight is 655 g/mol. The van der Waals surface area contributed by atoms with Crippen molar-refractivity contribution in [2.24, 2.45) is 56.7 Å². The molecule has 266 valence electrons. The smallest absolute Gasteiger partial charge is 0.305 e. The minimum atomic E-state index is -0.905. The standard InChI is InChI=1S/C40H66N2O5/c1-26(2)27-15-21-40(35(47)42-24-11-9-8-10-12-32(44)41-25-18-33(45)46)23-22-38(6)28(34(27)40)13-14-30-37(5)19-17-31(43)36(3,4)29(37)16-20-39(30,38)7/h27-31,34,43H,1,8-25H2,2-7H3,(H,41,44)(H,42,47)(H,45,46)/t27-,28+,29-,30?,31-,34+,37-,38+,39+,40-/m0/s1. The topological polar surface area (TPSA) is 116 Å². The van der Waals surface area contributed by atoms with Crippen LogP contribution in [0.4, 0.5) is 0 Å². The fourth-order valence-electron chi connectivity index (χ4n) is 13.1. The Balaban J connectivity index is 1.24. The fraction of sp³-hybridized carbons (Fsp3) is 0.875. The van der Waals surface area contributed by atoms with E-state index in [0.29, 0.717) is 42.6 Å². The van der Waals surface area contributed by atoms with E-state index in [2.05, 4.69) is 58.8 Å². The van der Waals surface area contributed by atoms with Crippen LogP contribution in [0.5, 0.6) is 0 Å². The summed E-state index contributed by atoms with van der Waals surface area (Å²) >= 11 is 0. The zero-order valence-corrected chi connectivity index (χ0v) is 30.5. The molecular weight excluding hydrogens is 588 g/mol. The Bertz CT molecular complexity index is 1210. The number of fused-ring (bicyclic) bond motifs is 7. The minimum absolute atomic E-state index is 0.0413. The molecule has 0 aromatic rings. The molecule has 7 nitrogen and oxygen atoms in total. The second-order valence-electron chi connectivity index (χ2n) is 18.1. The Labute approximate surface area is 284 Å². The van der Waals surface area contributed by atoms with Gasteiger partial charge in [-0.05, 0) is 135 Å². The van der Waals surface area contributed by atoms with E-state index < -0.39 is 5.97 Å². The number of amides is 2. The molecule has 5 saturated carbocycles. The van der Waals surface area contributed by atoms with Gasteiger partial charge in [-0.25, -0.2) is 0 Å². The van der Waals surface area contributed by atoms with Crippen molar-refractivity contribution in [3.8, 4) is 0 Å². The molecule has 0 aromatic carbocycles. The van der Waals surface area contributed by atoms with Crippen molar-refractivity contribution < 1.29 is 24.6 Å². The summed E-state index contributed by atoms with van der Waals surface area (Å²) < 4.78 is 0. The predicted octanol–water partition coefficient (Wildman–Crippen LogP) is 7.66. The maximum atomic E-state index is 14.3. The van der Waals surface area contributed by atoms with Crippen LogP contribution in [0.3, 0.4) is 0 Å². The maximum Gasteiger partial charge on any atom is 0.305 e. The third kappa shape index (κ3) is 6.11. The number of hydrogen-bond donors (Lipinski definition) is 4. The lowest BCUT2D eigenvalue weighted by molar-refractivity contribution is -0.246. The number of hydrogen-bond acceptors (Lipinski definition) is 4. The number of aliphatic hydroxyl groups excluding tert-OH is 1. The lowest BCUT2D eigenvalue weighted by Gasteiger charge is -2.72. The zero-order valence-electron chi connectivity index (χ0n) is 30.5. The summed E-state index contributed by atoms with van der Waals surface area (Å²) in [4.78, 5) is 36.9. The number of carboxylic acids is 1. The number of allylic oxidation sites excluding steroid dienone is 1. The molecular formula is C40H66N2O5. The van der Waals surface area contributed by atoms with Crippen LogP contribution in [0.25, 0.3) is 0 Å². The minimum Gasteiger partial charge on any atom is -0.481 e. The number of carboxylic acid groups (broad SMARTS) is 1. The van der Waals surface area contributed by atoms with Crippen LogP contribution in [0.15, 0.2) is 12.2 Å². The highest BCUT2D eigenvalue weighted by Crippen LogP contribution is 2.77. The Hall–Kier alpha value is -1.89. The van der Waals surface area contributed by atoms with Gasteiger partial charge in [-0.15, -0.1) is 0 Å². The maximum absolute atomic E-state index is 14.3. The highest BCUT2D eigenvalue weighted by molar-refractivity contribution is 5.84. The van der Waals surface area contributed by atoms with Crippen LogP contribution in [0.1, 0.15) is 144 Å². The van der Waals surface area contributed by atoms with Crippen LogP contribution < -0.4 is 10.6 Å². The molecule has 0 radical (unpaired) electrons. The Morgan fingerprint density at radius 1 is 0.745 bits per heavy atom. The van der Waals surface area contributed by atoms with E-state index in [9.17, 15) is 19.5 Å². The molecule has 5 aliphatic rings. The Morgan fingerprint density at radius 2 is 1.47 bits per heavy atom. The number of rotatable bonds is 12. The summed E-state index contributed by atoms with van der Waals surface area (Å²) in [6.07, 6.45) is 14.8. The molecule has 0 heterocycles. The highest BCUT2D eigenvalue weighted by atomic mass is 16.4. The zero-order chi connectivity index (χ0) is 34.4. The summed E-state index contributed by atoms with van der Waals surface area (Å²) in [6, 6.07) is 0. The third-order valence-electron chi connectivity index (χ3n) is 15.8. The van der Waals surface area contributed by atoms with Gasteiger partial charge in [-0.2, -0.15) is 0 Å². The van der Waals surface area contributed by atoms with Crippen LogP contribution >= 0.6 is 0 Å². The molecule has 5 rings (SSSR count). The fourth-order valence-corrected chi connectivity index (χ4v) is 13.1. The lowest BCUT2D eigenvalue weighted by Crippen LogP contribution is -2.67. The largest absolute Gasteiger partial charge is 0.481 e. The number of nitrogens with one attached hydrogen (secondary N) is 2. The van der Waals surface area contributed by atoms with Crippen LogP contribution in [-0.4, -0.2) is 47.2 Å². The quantitative estimate of drug-likeness (QED) is 0.127. The summed E-state index contributed by atoms with van der Waals surface area (Å²) in [5, 5.41) is 25.9. The van der Waals surface area contributed by atoms with Crippen molar-refractivity contribution in [2.45, 2.75) is 150 Å². The average Bonchev–Trinajstić information content (AvgIpc) is 3.40. The van der Waals surface area contributed by atoms with Crippen molar-refractivity contribution in [3.05, 3.63) is 12.2 Å². The molecule has 0 spiro atoms. The second kappa shape index (κ2) is 13.4. The van der Waals surface area contributed by atoms with Crippen molar-refractivity contribution in [2.75, 3.05) is 13.1 Å². The molecule has 5 fully saturated rings. The summed E-state index contributed by atoms with van der Waals surface area (Å²) in [5.74, 6) is 1.78. The van der Waals surface area contributed by atoms with Crippen molar-refractivity contribution >= 4 is 17.8 Å². The van der Waals surface area contributed by atoms with Gasteiger partial charge >= 0.3 is 5.97 Å². The van der Waals surface area contributed by atoms with E-state index in [-0.39, 0.29) is 58.0 Å². The Kier molecular flexibility index (Phi) is 10.4. The van der Waals surface area contributed by atoms with Gasteiger partial charge in [0.2, 0.25) is 11.8 Å². The number of unbranched alkanes of at least 4 members (excludes halogenated alkanes) is 3. The number of aliphatic hydroxyl groups is 1. The molecule has 0 aromatic heterocycles. The molecule has 7 heteroatoms. The van der Waals surface area contributed by atoms with Gasteiger partial charge in [0.05, 0.1) is 17.9 Å². The van der Waals surface area contributed by atoms with Crippen molar-refractivity contribution in [1.29, 1.82) is 0 Å². The highest BCUT2D eigenvalue weighted by Gasteiger charge is 2.71. The van der Waals surface area contributed by atoms with Gasteiger partial charge in [0.1, 0.15) is 0 Å². The van der Waals surface area contributed by atoms with Crippen LogP contribution in [-0.2, 0) is 14.4 Å². The molecule has 0 saturated heterocycles. The van der Waals surface area contributed by atoms with Gasteiger partial charge in [-0.1, -0.05) is 59.6 Å². The first-order valence-corrected chi connectivity index (χ1v) is 19.1. The summed E-state index contributed by atoms with van der Waals surface area (Å²) in [6.45, 7) is 20.1. The molecule has 4 N–H and O–H groups in total. The first-order chi connectivity index (χ1) is 22.0. The van der Waals surface area contributed by atoms with E-state index in [1.54, 1.807) is 0 Å². The normalized spacial score (nSPS) is 41.9. The van der Waals surface area contributed by atoms with Crippen LogP contribution in [0.2, 0.25) is 0 Å². The molecule has 1 unspecified atom stereocenters. The summed E-state index contributed by atoms with van der Waals surface area (Å²) in [5.41, 5.74) is 1.59. The van der Waals surface area contributed by atoms with E-state index in [0.717, 1.165) is 64.2 Å². The third-order valence-corrected chi connectivity index (χ3v) is 15.8. The molecule has 10 atom stereocenters. The summed E-state index contributed by atoms with van der Waals surface area (Å²) in [7, 11) is 0. The molecule has 5 aliphatic carbocycles. The first-order valence-electron chi connectivity index (χ1n) is 19.1. The van der Waals surface area contributed by atoms with E-state index in [1.165, 1.54) is 31.3 Å². The van der Waals surface area contributed by atoms with Crippen molar-refractivity contribution in [3.63, 3.8) is 0 Å². The van der Waals surface area contributed by atoms with Gasteiger partial charge in [0.25, 0.3) is 0 Å². The predicted molar refractivity (Wildman–Crippen MR) is 186 cm³/mol. The Morgan fingerprint density at radius 3 is 2.17 bits per heavy atom. The molecule has 2 amide bonds. The van der Waals surface area contributed by atoms with E-state index in [4.69, 9.17) is 5.11 Å². The molecule has 0 bridgehead atoms. The monoisotopic (exact) mass is 654 g/mol. The SMILES string of the molecule is C=C(C)[C@@H]1CC[C@]2(C(=O)NCCCCCCC(=O)NCCC(=O)O)CC[C@]3(C)[C@H](CCC4[C@@]5(C)CC[C@H](O)C(C)(C)[C@@H]5CC[C@]43C)[C@@H]12. The van der Waals surface area contributed by atoms with Crippen molar-refractivity contribution in [1.82, 2.24) is 10.6 Å². The van der Waals surface area contributed by atoms with E-state index >= 15 is 0 Å². The van der Waals surface area contributed by atoms with E-state index in [1.807, 2.05) is 0 Å². The molecule has 47 heavy (non-hydrogen) atoms. The van der Waals surface area contributed by atoms with Gasteiger partial charge in [0.15, 0.2) is 0 Å². The second-order valence-corrected chi connectivity index (χ2v) is 18.1. The number of aliphatic carboxylic acids is 1. The molecule has 0 aliphatic heterocycles. The first kappa shape index (κ1) is 36.4. The lowest BCUT2D eigenvalue weighted by atomic mass is 9.32. The van der Waals surface area contributed by atoms with Gasteiger partial charge in [-0.3, -0.25) is 14.4 Å². The number of carbonyl (C=O) groups is 3. The van der Waals surface area contributed by atoms with Gasteiger partial charge in [0, 0.05) is 19.5 Å². The van der Waals surface area contributed by atoms with Gasteiger partial charge < -0.3 is 20.8 Å².